The summed E-state index contributed by atoms with van der Waals surface area (Å²) >= 11 is 0. The lowest BCUT2D eigenvalue weighted by Crippen LogP contribution is -2.20. The van der Waals surface area contributed by atoms with E-state index in [1.54, 1.807) is 0 Å². The van der Waals surface area contributed by atoms with Crippen LogP contribution in [0.2, 0.25) is 0 Å². The molecule has 0 aliphatic carbocycles. The first-order valence-corrected chi connectivity index (χ1v) is 4.97. The van der Waals surface area contributed by atoms with Crippen molar-refractivity contribution in [3.05, 3.63) is 0 Å². The van der Waals surface area contributed by atoms with E-state index in [0.717, 1.165) is 17.9 Å². The van der Waals surface area contributed by atoms with Crippen LogP contribution in [-0.4, -0.2) is 12.6 Å². The molecule has 0 spiro atoms. The molecule has 0 saturated carbocycles. The van der Waals surface area contributed by atoms with E-state index in [4.69, 9.17) is 0 Å². The summed E-state index contributed by atoms with van der Waals surface area (Å²) in [6.07, 6.45) is 4.09. The van der Waals surface area contributed by atoms with Crippen molar-refractivity contribution in [1.82, 2.24) is 5.32 Å². The molecule has 0 radical (unpaired) electrons. The highest BCUT2D eigenvalue weighted by Gasteiger charge is 2.24. The molecule has 1 rings (SSSR count). The predicted molar refractivity (Wildman–Crippen MR) is 49.6 cm³/mol. The molecular formula is C10H21N. The second-order valence-electron chi connectivity index (χ2n) is 4.13. The van der Waals surface area contributed by atoms with E-state index in [1.165, 1.54) is 25.8 Å². The second kappa shape index (κ2) is 4.10. The van der Waals surface area contributed by atoms with Gasteiger partial charge in [-0.25, -0.2) is 0 Å². The Morgan fingerprint density at radius 2 is 2.18 bits per heavy atom. The lowest BCUT2D eigenvalue weighted by atomic mass is 9.92. The largest absolute Gasteiger partial charge is 0.314 e. The van der Waals surface area contributed by atoms with Gasteiger partial charge in [0.05, 0.1) is 0 Å². The molecule has 0 bridgehead atoms. The van der Waals surface area contributed by atoms with E-state index in [1.807, 2.05) is 0 Å². The summed E-state index contributed by atoms with van der Waals surface area (Å²) in [5.41, 5.74) is 0. The summed E-state index contributed by atoms with van der Waals surface area (Å²) in [6.45, 7) is 8.19. The van der Waals surface area contributed by atoms with E-state index in [-0.39, 0.29) is 0 Å². The first kappa shape index (κ1) is 9.05. The smallest absolute Gasteiger partial charge is 0.00702 e. The Bertz CT molecular complexity index is 109. The van der Waals surface area contributed by atoms with E-state index >= 15 is 0 Å². The maximum Gasteiger partial charge on any atom is 0.00702 e. The number of hydrogen-bond donors (Lipinski definition) is 1. The summed E-state index contributed by atoms with van der Waals surface area (Å²) in [6, 6.07) is 0.826. The Balaban J connectivity index is 2.23. The van der Waals surface area contributed by atoms with Gasteiger partial charge in [0.15, 0.2) is 0 Å². The fraction of sp³-hybridized carbons (Fsp3) is 1.00. The molecule has 1 heteroatoms. The van der Waals surface area contributed by atoms with Crippen molar-refractivity contribution < 1.29 is 0 Å². The molecule has 0 aromatic carbocycles. The van der Waals surface area contributed by atoms with Crippen molar-refractivity contribution in [2.24, 2.45) is 11.8 Å². The third-order valence-corrected chi connectivity index (χ3v) is 2.84. The maximum absolute atomic E-state index is 3.59. The Labute approximate surface area is 70.6 Å². The minimum absolute atomic E-state index is 0.826. The summed E-state index contributed by atoms with van der Waals surface area (Å²) < 4.78 is 0. The first-order chi connectivity index (χ1) is 5.24. The van der Waals surface area contributed by atoms with Crippen molar-refractivity contribution in [2.75, 3.05) is 6.54 Å². The predicted octanol–water partition coefficient (Wildman–Crippen LogP) is 2.42. The first-order valence-electron chi connectivity index (χ1n) is 4.97. The third kappa shape index (κ3) is 2.48. The lowest BCUT2D eigenvalue weighted by molar-refractivity contribution is 0.406. The van der Waals surface area contributed by atoms with Crippen LogP contribution in [0.15, 0.2) is 0 Å². The second-order valence-corrected chi connectivity index (χ2v) is 4.13. The fourth-order valence-corrected chi connectivity index (χ4v) is 1.93. The van der Waals surface area contributed by atoms with E-state index < -0.39 is 0 Å². The maximum atomic E-state index is 3.59. The zero-order chi connectivity index (χ0) is 8.27. The third-order valence-electron chi connectivity index (χ3n) is 2.84. The molecule has 2 atom stereocenters. The van der Waals surface area contributed by atoms with Gasteiger partial charge in [0.1, 0.15) is 0 Å². The summed E-state index contributed by atoms with van der Waals surface area (Å²) in [5.74, 6) is 1.80. The minimum Gasteiger partial charge on any atom is -0.314 e. The van der Waals surface area contributed by atoms with Gasteiger partial charge in [-0.1, -0.05) is 27.2 Å². The monoisotopic (exact) mass is 155 g/mol. The number of rotatable bonds is 3. The number of hydrogen-bond acceptors (Lipinski definition) is 1. The van der Waals surface area contributed by atoms with Crippen molar-refractivity contribution in [3.63, 3.8) is 0 Å². The van der Waals surface area contributed by atoms with Crippen molar-refractivity contribution in [1.29, 1.82) is 0 Å². The van der Waals surface area contributed by atoms with Crippen LogP contribution in [-0.2, 0) is 0 Å². The van der Waals surface area contributed by atoms with Gasteiger partial charge in [0, 0.05) is 6.04 Å². The normalized spacial score (nSPS) is 31.6. The zero-order valence-corrected chi connectivity index (χ0v) is 8.06. The average molecular weight is 155 g/mol. The van der Waals surface area contributed by atoms with Gasteiger partial charge in [-0.15, -0.1) is 0 Å². The molecular weight excluding hydrogens is 134 g/mol. The molecule has 0 amide bonds. The average Bonchev–Trinajstić information content (AvgIpc) is 2.37. The number of nitrogens with one attached hydrogen (secondary N) is 1. The Morgan fingerprint density at radius 3 is 2.64 bits per heavy atom. The minimum atomic E-state index is 0.826. The zero-order valence-electron chi connectivity index (χ0n) is 8.06. The standard InChI is InChI=1S/C10H21N/c1-4-5-10-6-9(7-11-10)8(2)3/h8-11H,4-7H2,1-3H3. The van der Waals surface area contributed by atoms with E-state index in [2.05, 4.69) is 26.1 Å². The van der Waals surface area contributed by atoms with Crippen LogP contribution in [0.25, 0.3) is 0 Å². The highest BCUT2D eigenvalue weighted by atomic mass is 14.9. The van der Waals surface area contributed by atoms with Crippen LogP contribution < -0.4 is 5.32 Å². The highest BCUT2D eigenvalue weighted by molar-refractivity contribution is 4.82. The summed E-state index contributed by atoms with van der Waals surface area (Å²) in [7, 11) is 0. The van der Waals surface area contributed by atoms with Gasteiger partial charge >= 0.3 is 0 Å². The molecule has 1 N–H and O–H groups in total. The molecule has 0 aromatic heterocycles. The molecule has 1 aliphatic rings. The van der Waals surface area contributed by atoms with Crippen LogP contribution in [0.1, 0.15) is 40.0 Å². The summed E-state index contributed by atoms with van der Waals surface area (Å²) in [5, 5.41) is 3.59. The molecule has 1 fully saturated rings. The molecule has 2 unspecified atom stereocenters. The van der Waals surface area contributed by atoms with Gasteiger partial charge in [0.25, 0.3) is 0 Å². The van der Waals surface area contributed by atoms with Crippen LogP contribution in [0.4, 0.5) is 0 Å². The van der Waals surface area contributed by atoms with Crippen LogP contribution in [0.5, 0.6) is 0 Å². The van der Waals surface area contributed by atoms with Crippen molar-refractivity contribution in [2.45, 2.75) is 46.1 Å². The molecule has 1 saturated heterocycles. The molecule has 1 aliphatic heterocycles. The summed E-state index contributed by atoms with van der Waals surface area (Å²) in [4.78, 5) is 0. The molecule has 66 valence electrons. The topological polar surface area (TPSA) is 12.0 Å². The fourth-order valence-electron chi connectivity index (χ4n) is 1.93. The molecule has 1 nitrogen and oxygen atoms in total. The van der Waals surface area contributed by atoms with Gasteiger partial charge in [-0.3, -0.25) is 0 Å². The van der Waals surface area contributed by atoms with Crippen molar-refractivity contribution >= 4 is 0 Å². The lowest BCUT2D eigenvalue weighted by Gasteiger charge is -2.12. The van der Waals surface area contributed by atoms with Gasteiger partial charge in [-0.05, 0) is 31.2 Å². The highest BCUT2D eigenvalue weighted by Crippen LogP contribution is 2.23. The van der Waals surface area contributed by atoms with E-state index in [9.17, 15) is 0 Å². The van der Waals surface area contributed by atoms with Crippen LogP contribution in [0.3, 0.4) is 0 Å². The quantitative estimate of drug-likeness (QED) is 0.660. The Hall–Kier alpha value is -0.0400. The van der Waals surface area contributed by atoms with E-state index in [0.29, 0.717) is 0 Å². The molecule has 1 heterocycles. The van der Waals surface area contributed by atoms with Crippen LogP contribution >= 0.6 is 0 Å². The SMILES string of the molecule is CCCC1CC(C(C)C)CN1. The Kier molecular flexibility index (Phi) is 3.38. The van der Waals surface area contributed by atoms with Gasteiger partial charge < -0.3 is 5.32 Å². The van der Waals surface area contributed by atoms with Gasteiger partial charge in [-0.2, -0.15) is 0 Å². The van der Waals surface area contributed by atoms with Crippen molar-refractivity contribution in [3.8, 4) is 0 Å². The Morgan fingerprint density at radius 1 is 1.45 bits per heavy atom. The molecule has 0 aromatic rings. The molecule has 11 heavy (non-hydrogen) atoms. The van der Waals surface area contributed by atoms with Crippen LogP contribution in [0, 0.1) is 11.8 Å². The van der Waals surface area contributed by atoms with Gasteiger partial charge in [0.2, 0.25) is 0 Å².